The number of amides is 2. The van der Waals surface area contributed by atoms with Crippen molar-refractivity contribution in [2.45, 2.75) is 0 Å². The van der Waals surface area contributed by atoms with Gasteiger partial charge in [0.15, 0.2) is 0 Å². The van der Waals surface area contributed by atoms with E-state index in [-0.39, 0.29) is 18.4 Å². The van der Waals surface area contributed by atoms with Crippen LogP contribution in [0.25, 0.3) is 0 Å². The molecule has 1 heterocycles. The topological polar surface area (TPSA) is 70.7 Å². The molecule has 2 amide bonds. The van der Waals surface area contributed by atoms with Crippen LogP contribution < -0.4 is 10.6 Å². The summed E-state index contributed by atoms with van der Waals surface area (Å²) in [5.74, 6) is -0.150. The van der Waals surface area contributed by atoms with Crippen LogP contribution >= 0.6 is 0 Å². The van der Waals surface area contributed by atoms with Crippen LogP contribution in [0.4, 0.5) is 11.4 Å². The van der Waals surface area contributed by atoms with Crippen LogP contribution in [0, 0.1) is 0 Å². The number of ether oxygens (including phenoxy) is 1. The zero-order valence-electron chi connectivity index (χ0n) is 13.9. The van der Waals surface area contributed by atoms with Crippen molar-refractivity contribution in [3.8, 4) is 0 Å². The summed E-state index contributed by atoms with van der Waals surface area (Å²) in [7, 11) is 0. The van der Waals surface area contributed by atoms with E-state index >= 15 is 0 Å². The van der Waals surface area contributed by atoms with Gasteiger partial charge >= 0.3 is 0 Å². The summed E-state index contributed by atoms with van der Waals surface area (Å²) in [4.78, 5) is 26.1. The van der Waals surface area contributed by atoms with E-state index in [4.69, 9.17) is 4.74 Å². The van der Waals surface area contributed by atoms with Crippen molar-refractivity contribution in [2.75, 3.05) is 43.5 Å². The predicted octanol–water partition coefficient (Wildman–Crippen LogP) is 2.21. The average molecular weight is 339 g/mol. The van der Waals surface area contributed by atoms with Crippen molar-refractivity contribution in [3.05, 3.63) is 60.2 Å². The monoisotopic (exact) mass is 339 g/mol. The van der Waals surface area contributed by atoms with Crippen LogP contribution in [0.1, 0.15) is 10.4 Å². The summed E-state index contributed by atoms with van der Waals surface area (Å²) in [5.41, 5.74) is 2.17. The Morgan fingerprint density at radius 2 is 1.60 bits per heavy atom. The highest BCUT2D eigenvalue weighted by Gasteiger charge is 2.18. The quantitative estimate of drug-likeness (QED) is 0.876. The molecule has 6 nitrogen and oxygen atoms in total. The Labute approximate surface area is 146 Å². The van der Waals surface area contributed by atoms with Crippen LogP contribution in [0.15, 0.2) is 54.6 Å². The lowest BCUT2D eigenvalue weighted by Gasteiger charge is -2.26. The molecule has 1 aliphatic heterocycles. The SMILES string of the molecule is O=C(CNc1ccccc1)Nc1ccc(C(=O)N2CCOCC2)cc1. The number of benzene rings is 2. The molecule has 2 N–H and O–H groups in total. The fourth-order valence-electron chi connectivity index (χ4n) is 2.59. The van der Waals surface area contributed by atoms with E-state index in [1.807, 2.05) is 30.3 Å². The van der Waals surface area contributed by atoms with Gasteiger partial charge in [0.25, 0.3) is 5.91 Å². The van der Waals surface area contributed by atoms with Gasteiger partial charge in [-0.1, -0.05) is 18.2 Å². The third-order valence-electron chi connectivity index (χ3n) is 3.94. The van der Waals surface area contributed by atoms with Crippen molar-refractivity contribution in [1.29, 1.82) is 0 Å². The van der Waals surface area contributed by atoms with E-state index in [2.05, 4.69) is 10.6 Å². The highest BCUT2D eigenvalue weighted by molar-refractivity contribution is 5.96. The number of nitrogens with one attached hydrogen (secondary N) is 2. The molecule has 3 rings (SSSR count). The first-order valence-corrected chi connectivity index (χ1v) is 8.28. The number of para-hydroxylation sites is 1. The van der Waals surface area contributed by atoms with E-state index in [1.54, 1.807) is 29.2 Å². The summed E-state index contributed by atoms with van der Waals surface area (Å²) < 4.78 is 5.26. The molecule has 0 unspecified atom stereocenters. The van der Waals surface area contributed by atoms with Crippen LogP contribution in [-0.4, -0.2) is 49.6 Å². The Kier molecular flexibility index (Phi) is 5.64. The van der Waals surface area contributed by atoms with E-state index < -0.39 is 0 Å². The first-order chi connectivity index (χ1) is 12.2. The molecule has 25 heavy (non-hydrogen) atoms. The Bertz CT molecular complexity index is 710. The maximum absolute atomic E-state index is 12.4. The lowest BCUT2D eigenvalue weighted by atomic mass is 10.1. The summed E-state index contributed by atoms with van der Waals surface area (Å²) in [6, 6.07) is 16.5. The molecule has 1 saturated heterocycles. The van der Waals surface area contributed by atoms with Crippen molar-refractivity contribution in [2.24, 2.45) is 0 Å². The van der Waals surface area contributed by atoms with Crippen molar-refractivity contribution >= 4 is 23.2 Å². The lowest BCUT2D eigenvalue weighted by Crippen LogP contribution is -2.40. The second-order valence-corrected chi connectivity index (χ2v) is 5.75. The maximum Gasteiger partial charge on any atom is 0.254 e. The number of hydrogen-bond donors (Lipinski definition) is 2. The molecule has 0 bridgehead atoms. The number of anilines is 2. The van der Waals surface area contributed by atoms with Gasteiger partial charge in [0, 0.05) is 30.0 Å². The number of carbonyl (C=O) groups is 2. The normalized spacial score (nSPS) is 14.0. The van der Waals surface area contributed by atoms with Gasteiger partial charge in [-0.25, -0.2) is 0 Å². The van der Waals surface area contributed by atoms with Crippen LogP contribution in [0.2, 0.25) is 0 Å². The minimum atomic E-state index is -0.142. The van der Waals surface area contributed by atoms with Crippen LogP contribution in [-0.2, 0) is 9.53 Å². The molecule has 0 aromatic heterocycles. The average Bonchev–Trinajstić information content (AvgIpc) is 2.68. The Balaban J connectivity index is 1.51. The molecule has 130 valence electrons. The van der Waals surface area contributed by atoms with Crippen molar-refractivity contribution in [1.82, 2.24) is 4.90 Å². The fraction of sp³-hybridized carbons (Fsp3) is 0.263. The predicted molar refractivity (Wildman–Crippen MR) is 96.7 cm³/mol. The molecule has 0 atom stereocenters. The van der Waals surface area contributed by atoms with Crippen LogP contribution in [0.5, 0.6) is 0 Å². The summed E-state index contributed by atoms with van der Waals surface area (Å²) in [6.07, 6.45) is 0. The number of nitrogens with zero attached hydrogens (tertiary/aromatic N) is 1. The third-order valence-corrected chi connectivity index (χ3v) is 3.94. The Morgan fingerprint density at radius 1 is 0.920 bits per heavy atom. The third kappa shape index (κ3) is 4.81. The minimum absolute atomic E-state index is 0.00748. The van der Waals surface area contributed by atoms with Gasteiger partial charge in [-0.15, -0.1) is 0 Å². The van der Waals surface area contributed by atoms with E-state index in [0.29, 0.717) is 37.6 Å². The Morgan fingerprint density at radius 3 is 2.28 bits per heavy atom. The molecule has 1 aliphatic rings. The Hall–Kier alpha value is -2.86. The van der Waals surface area contributed by atoms with Gasteiger partial charge in [0.1, 0.15) is 0 Å². The molecule has 1 fully saturated rings. The maximum atomic E-state index is 12.4. The molecular weight excluding hydrogens is 318 g/mol. The molecule has 0 aliphatic carbocycles. The first kappa shape index (κ1) is 17.0. The smallest absolute Gasteiger partial charge is 0.254 e. The molecule has 0 radical (unpaired) electrons. The van der Waals surface area contributed by atoms with Gasteiger partial charge in [-0.05, 0) is 36.4 Å². The number of rotatable bonds is 5. The summed E-state index contributed by atoms with van der Waals surface area (Å²) >= 11 is 0. The van der Waals surface area contributed by atoms with Crippen LogP contribution in [0.3, 0.4) is 0 Å². The zero-order valence-corrected chi connectivity index (χ0v) is 13.9. The fourth-order valence-corrected chi connectivity index (χ4v) is 2.59. The highest BCUT2D eigenvalue weighted by Crippen LogP contribution is 2.13. The lowest BCUT2D eigenvalue weighted by molar-refractivity contribution is -0.114. The summed E-state index contributed by atoms with van der Waals surface area (Å²) in [5, 5.41) is 5.86. The van der Waals surface area contributed by atoms with Crippen molar-refractivity contribution in [3.63, 3.8) is 0 Å². The van der Waals surface area contributed by atoms with E-state index in [9.17, 15) is 9.59 Å². The number of hydrogen-bond acceptors (Lipinski definition) is 4. The highest BCUT2D eigenvalue weighted by atomic mass is 16.5. The van der Waals surface area contributed by atoms with Gasteiger partial charge in [0.05, 0.1) is 19.8 Å². The van der Waals surface area contributed by atoms with Gasteiger partial charge in [0.2, 0.25) is 5.91 Å². The molecule has 2 aromatic rings. The van der Waals surface area contributed by atoms with Gasteiger partial charge < -0.3 is 20.3 Å². The van der Waals surface area contributed by atoms with Gasteiger partial charge in [-0.3, -0.25) is 9.59 Å². The van der Waals surface area contributed by atoms with E-state index in [1.165, 1.54) is 0 Å². The largest absolute Gasteiger partial charge is 0.378 e. The zero-order chi connectivity index (χ0) is 17.5. The van der Waals surface area contributed by atoms with E-state index in [0.717, 1.165) is 5.69 Å². The molecule has 2 aromatic carbocycles. The minimum Gasteiger partial charge on any atom is -0.378 e. The molecule has 0 saturated carbocycles. The van der Waals surface area contributed by atoms with Crippen molar-refractivity contribution < 1.29 is 14.3 Å². The standard InChI is InChI=1S/C19H21N3O3/c23-18(14-20-16-4-2-1-3-5-16)21-17-8-6-15(7-9-17)19(24)22-10-12-25-13-11-22/h1-9,20H,10-14H2,(H,21,23). The van der Waals surface area contributed by atoms with Gasteiger partial charge in [-0.2, -0.15) is 0 Å². The molecule has 0 spiro atoms. The number of carbonyl (C=O) groups excluding carboxylic acids is 2. The molecule has 6 heteroatoms. The number of morpholine rings is 1. The first-order valence-electron chi connectivity index (χ1n) is 8.28. The second kappa shape index (κ2) is 8.30. The second-order valence-electron chi connectivity index (χ2n) is 5.75. The summed E-state index contributed by atoms with van der Waals surface area (Å²) in [6.45, 7) is 2.56. The molecular formula is C19H21N3O3.